The largest absolute Gasteiger partial charge is 0.481 e. The minimum Gasteiger partial charge on any atom is -0.481 e. The Morgan fingerprint density at radius 1 is 1.15 bits per heavy atom. The highest BCUT2D eigenvalue weighted by molar-refractivity contribution is 6.38. The Morgan fingerprint density at radius 3 is 2.52 bits per heavy atom. The Balaban J connectivity index is 1.91. The van der Waals surface area contributed by atoms with Crippen molar-refractivity contribution in [2.24, 2.45) is 11.7 Å². The molecule has 0 spiro atoms. The van der Waals surface area contributed by atoms with Crippen LogP contribution in [0.25, 0.3) is 0 Å². The van der Waals surface area contributed by atoms with Crippen LogP contribution in [0.4, 0.5) is 0 Å². The summed E-state index contributed by atoms with van der Waals surface area (Å²) in [6.07, 6.45) is 0.384. The molecule has 2 amide bonds. The van der Waals surface area contributed by atoms with E-state index in [1.165, 1.54) is 0 Å². The number of primary amides is 1. The molecular weight excluding hydrogens is 356 g/mol. The molecule has 0 unspecified atom stereocenters. The van der Waals surface area contributed by atoms with Crippen molar-refractivity contribution in [3.8, 4) is 0 Å². The van der Waals surface area contributed by atoms with E-state index in [4.69, 9.17) is 10.8 Å². The van der Waals surface area contributed by atoms with Crippen LogP contribution in [0.15, 0.2) is 11.5 Å². The van der Waals surface area contributed by atoms with Gasteiger partial charge < -0.3 is 26.4 Å². The summed E-state index contributed by atoms with van der Waals surface area (Å²) in [6, 6.07) is -0.976. The van der Waals surface area contributed by atoms with Crippen LogP contribution in [0, 0.1) is 5.92 Å². The minimum atomic E-state index is -1.07. The summed E-state index contributed by atoms with van der Waals surface area (Å²) >= 11 is 0. The van der Waals surface area contributed by atoms with Gasteiger partial charge in [-0.15, -0.1) is 0 Å². The van der Waals surface area contributed by atoms with E-state index in [-0.39, 0.29) is 37.6 Å². The maximum Gasteiger partial charge on any atom is 0.303 e. The van der Waals surface area contributed by atoms with E-state index in [1.807, 2.05) is 0 Å². The summed E-state index contributed by atoms with van der Waals surface area (Å²) in [5.74, 6) is -2.67. The number of carboxylic acid groups (broad SMARTS) is 1. The summed E-state index contributed by atoms with van der Waals surface area (Å²) < 4.78 is 0. The number of hydrogen-bond donors (Lipinski definition) is 4. The molecular formula is C17H22N4O6. The maximum absolute atomic E-state index is 12.1. The fourth-order valence-electron chi connectivity index (χ4n) is 4.06. The van der Waals surface area contributed by atoms with Crippen LogP contribution in [0.5, 0.6) is 0 Å². The number of allylic oxidation sites excluding steroid dienone is 1. The average molecular weight is 378 g/mol. The first kappa shape index (κ1) is 18.9. The van der Waals surface area contributed by atoms with Crippen LogP contribution in [0.1, 0.15) is 38.5 Å². The number of fused-ring (bicyclic) bond motifs is 3. The van der Waals surface area contributed by atoms with Crippen molar-refractivity contribution in [3.63, 3.8) is 0 Å². The number of amides is 2. The van der Waals surface area contributed by atoms with Crippen LogP contribution in [-0.2, 0) is 24.0 Å². The van der Waals surface area contributed by atoms with Crippen molar-refractivity contribution in [3.05, 3.63) is 11.5 Å². The Bertz CT molecular complexity index is 746. The van der Waals surface area contributed by atoms with Crippen molar-refractivity contribution in [1.82, 2.24) is 15.5 Å². The first-order valence-electron chi connectivity index (χ1n) is 8.90. The van der Waals surface area contributed by atoms with Gasteiger partial charge in [-0.2, -0.15) is 0 Å². The van der Waals surface area contributed by atoms with E-state index in [9.17, 15) is 24.0 Å². The number of aliphatic carboxylic acids is 1. The van der Waals surface area contributed by atoms with Gasteiger partial charge in [0.25, 0.3) is 0 Å². The Morgan fingerprint density at radius 2 is 1.85 bits per heavy atom. The van der Waals surface area contributed by atoms with Crippen molar-refractivity contribution < 1.29 is 29.1 Å². The molecule has 2 fully saturated rings. The molecule has 1 saturated heterocycles. The second-order valence-corrected chi connectivity index (χ2v) is 7.10. The highest BCUT2D eigenvalue weighted by Crippen LogP contribution is 2.39. The summed E-state index contributed by atoms with van der Waals surface area (Å²) in [6.45, 7) is 0.470. The average Bonchev–Trinajstić information content (AvgIpc) is 2.61. The summed E-state index contributed by atoms with van der Waals surface area (Å²) in [5.41, 5.74) is 6.05. The molecule has 2 heterocycles. The first-order valence-corrected chi connectivity index (χ1v) is 8.90. The molecule has 3 rings (SSSR count). The molecule has 0 aromatic carbocycles. The van der Waals surface area contributed by atoms with Gasteiger partial charge in [-0.3, -0.25) is 24.0 Å². The molecule has 1 saturated carbocycles. The molecule has 27 heavy (non-hydrogen) atoms. The zero-order chi connectivity index (χ0) is 19.7. The molecule has 3 atom stereocenters. The lowest BCUT2D eigenvalue weighted by Gasteiger charge is -2.51. The molecule has 2 aliphatic heterocycles. The van der Waals surface area contributed by atoms with Crippen LogP contribution in [0.2, 0.25) is 0 Å². The smallest absolute Gasteiger partial charge is 0.303 e. The zero-order valence-corrected chi connectivity index (χ0v) is 14.7. The van der Waals surface area contributed by atoms with Crippen molar-refractivity contribution in [2.75, 3.05) is 6.54 Å². The van der Waals surface area contributed by atoms with Crippen molar-refractivity contribution >= 4 is 29.4 Å². The first-order chi connectivity index (χ1) is 12.8. The van der Waals surface area contributed by atoms with E-state index in [0.717, 1.165) is 0 Å². The second kappa shape index (κ2) is 7.37. The van der Waals surface area contributed by atoms with Crippen LogP contribution in [-0.4, -0.2) is 58.0 Å². The van der Waals surface area contributed by atoms with Crippen LogP contribution >= 0.6 is 0 Å². The number of carbonyl (C=O) groups is 5. The number of nitrogens with zero attached hydrogens (tertiary/aromatic N) is 1. The third kappa shape index (κ3) is 3.79. The molecule has 10 nitrogen and oxygen atoms in total. The van der Waals surface area contributed by atoms with E-state index in [0.29, 0.717) is 30.9 Å². The van der Waals surface area contributed by atoms with Gasteiger partial charge in [0.15, 0.2) is 11.6 Å². The maximum atomic E-state index is 12.1. The molecule has 0 bridgehead atoms. The standard InChI is InChI=1S/C17H22N4O6/c18-16(27)10-3-4-19-17-9(20-14(24)1-2-15(25)26)5-8-6-12(22)13(23)7-11(8)21(10)17/h8,10-11,19H,1-7H2,(H2,18,27)(H,20,24)(H,25,26)/t8-,10-,11-/m0/s1. The molecule has 0 aromatic heterocycles. The van der Waals surface area contributed by atoms with Gasteiger partial charge in [0, 0.05) is 31.8 Å². The van der Waals surface area contributed by atoms with Gasteiger partial charge in [0.2, 0.25) is 11.8 Å². The van der Waals surface area contributed by atoms with Crippen molar-refractivity contribution in [1.29, 1.82) is 0 Å². The fourth-order valence-corrected chi connectivity index (χ4v) is 4.06. The van der Waals surface area contributed by atoms with Crippen LogP contribution < -0.4 is 16.4 Å². The number of Topliss-reactive ketones (excluding diaryl/α,β-unsaturated/α-hetero) is 2. The summed E-state index contributed by atoms with van der Waals surface area (Å²) in [7, 11) is 0. The zero-order valence-electron chi connectivity index (χ0n) is 14.7. The number of nitrogens with one attached hydrogen (secondary N) is 2. The highest BCUT2D eigenvalue weighted by atomic mass is 16.4. The molecule has 0 radical (unpaired) electrons. The number of ketones is 2. The third-order valence-corrected chi connectivity index (χ3v) is 5.30. The second-order valence-electron chi connectivity index (χ2n) is 7.10. The lowest BCUT2D eigenvalue weighted by atomic mass is 9.76. The Hall–Kier alpha value is -2.91. The van der Waals surface area contributed by atoms with Gasteiger partial charge in [0.05, 0.1) is 12.1 Å². The Kier molecular flexibility index (Phi) is 5.15. The van der Waals surface area contributed by atoms with E-state index >= 15 is 0 Å². The minimum absolute atomic E-state index is 0.0126. The number of carboxylic acids is 1. The number of carbonyl (C=O) groups excluding carboxylic acids is 4. The molecule has 0 aromatic rings. The van der Waals surface area contributed by atoms with Gasteiger partial charge in [-0.05, 0) is 18.8 Å². The van der Waals surface area contributed by atoms with Gasteiger partial charge in [-0.25, -0.2) is 0 Å². The van der Waals surface area contributed by atoms with Crippen molar-refractivity contribution in [2.45, 2.75) is 50.6 Å². The quantitative estimate of drug-likeness (QED) is 0.425. The number of nitrogens with two attached hydrogens (primary N) is 1. The van der Waals surface area contributed by atoms with E-state index in [1.54, 1.807) is 4.90 Å². The number of hydrogen-bond acceptors (Lipinski definition) is 7. The fraction of sp³-hybridized carbons (Fsp3) is 0.588. The van der Waals surface area contributed by atoms with E-state index < -0.39 is 35.4 Å². The lowest BCUT2D eigenvalue weighted by molar-refractivity contribution is -0.142. The third-order valence-electron chi connectivity index (χ3n) is 5.30. The summed E-state index contributed by atoms with van der Waals surface area (Å²) in [4.78, 5) is 60.3. The van der Waals surface area contributed by atoms with Gasteiger partial charge in [-0.1, -0.05) is 0 Å². The van der Waals surface area contributed by atoms with E-state index in [2.05, 4.69) is 10.6 Å². The SMILES string of the molecule is NC(=O)[C@@H]1CCNC2=C(NC(=O)CCC(=O)O)C[C@H]3CC(=O)C(=O)C[C@@H]3N21. The molecule has 3 aliphatic rings. The van der Waals surface area contributed by atoms with Gasteiger partial charge in [0.1, 0.15) is 11.9 Å². The molecule has 10 heteroatoms. The normalized spacial score (nSPS) is 27.4. The molecule has 5 N–H and O–H groups in total. The van der Waals surface area contributed by atoms with Gasteiger partial charge >= 0.3 is 5.97 Å². The topological polar surface area (TPSA) is 159 Å². The Labute approximate surface area is 155 Å². The molecule has 1 aliphatic carbocycles. The summed E-state index contributed by atoms with van der Waals surface area (Å²) in [5, 5.41) is 14.6. The lowest BCUT2D eigenvalue weighted by Crippen LogP contribution is -2.62. The molecule has 146 valence electrons. The number of rotatable bonds is 5. The predicted molar refractivity (Wildman–Crippen MR) is 90.6 cm³/mol. The predicted octanol–water partition coefficient (Wildman–Crippen LogP) is -1.39. The monoisotopic (exact) mass is 378 g/mol. The van der Waals surface area contributed by atoms with Crippen LogP contribution in [0.3, 0.4) is 0 Å². The highest BCUT2D eigenvalue weighted by Gasteiger charge is 2.47.